The lowest BCUT2D eigenvalue weighted by Gasteiger charge is -2.15. The molecule has 1 atom stereocenters. The summed E-state index contributed by atoms with van der Waals surface area (Å²) in [6, 6.07) is 24.0. The van der Waals surface area contributed by atoms with Gasteiger partial charge in [0.25, 0.3) is 10.1 Å². The van der Waals surface area contributed by atoms with E-state index in [1.54, 1.807) is 7.11 Å². The number of methoxy groups -OCH3 is 1. The number of aromatic nitrogens is 1. The first-order valence-corrected chi connectivity index (χ1v) is 30.2. The fourth-order valence-electron chi connectivity index (χ4n) is 7.89. The number of H-pyrrole nitrogens is 1. The lowest BCUT2D eigenvalue weighted by atomic mass is 10.1. The number of nitrogens with two attached hydrogens (primary N) is 2. The Morgan fingerprint density at radius 3 is 1.69 bits per heavy atom. The molecule has 16 N–H and O–H groups in total. The highest BCUT2D eigenvalue weighted by atomic mass is 32.2. The number of rotatable bonds is 35. The van der Waals surface area contributed by atoms with E-state index in [9.17, 15) is 58.2 Å². The predicted octanol–water partition coefficient (Wildman–Crippen LogP) is 4.47. The summed E-state index contributed by atoms with van der Waals surface area (Å²) in [5.74, 6) is -0.484. The number of aromatic hydroxyl groups is 3. The molecule has 0 saturated heterocycles. The first kappa shape index (κ1) is 74.6. The molecule has 0 fully saturated rings. The molecule has 86 heavy (non-hydrogen) atoms. The number of aromatic amines is 1. The zero-order valence-electron chi connectivity index (χ0n) is 49.3. The average Bonchev–Trinajstić information content (AvgIpc) is 1.87. The highest BCUT2D eigenvalue weighted by molar-refractivity contribution is 7.85. The lowest BCUT2D eigenvalue weighted by Crippen LogP contribution is -2.33. The minimum absolute atomic E-state index is 0.0191. The minimum Gasteiger partial charge on any atom is -0.508 e. The zero-order valence-corrected chi connectivity index (χ0v) is 50.1. The molecule has 5 aromatic rings. The lowest BCUT2D eigenvalue weighted by molar-refractivity contribution is -0.166. The van der Waals surface area contributed by atoms with E-state index in [1.807, 2.05) is 60.7 Å². The first-order chi connectivity index (χ1) is 41.0. The van der Waals surface area contributed by atoms with Crippen LogP contribution in [0.15, 0.2) is 78.9 Å². The molecule has 1 unspecified atom stereocenters. The number of benzene rings is 4. The standard InChI is InChI=1S/C25H48N6O8.C24H26N2O4.C8H11NO3.CH4O3S/c1-21(32)29(37)18-9-3-6-16-27-22(33)12-14-25(36)31(39)20-10-4-7-17-28-23(34)11-13-24(35)30(38)19-8-2-5-15-26;1-28-21-10-4-5-11-22(21)29-14-13-25-15-17(27)16-30-23-12-6-9-20-24(23)18-7-2-3-8-19(18)26-20;9-2-1-5-3-7(11)8(12)4-6(5)10;1-5(2,3)4/h37-39H,2-20,26H2,1H3,(H,27,33)(H,28,34);2-12,17,25-27H,13-16H2,1H3;3-4,10-12H,1-2,9H2;1H3,(H,2,3,4). The Morgan fingerprint density at radius 2 is 1.13 bits per heavy atom. The van der Waals surface area contributed by atoms with E-state index in [4.69, 9.17) is 40.4 Å². The molecule has 28 heteroatoms. The van der Waals surface area contributed by atoms with Crippen molar-refractivity contribution in [1.29, 1.82) is 0 Å². The van der Waals surface area contributed by atoms with Gasteiger partial charge in [-0.1, -0.05) is 42.8 Å². The van der Waals surface area contributed by atoms with Crippen molar-refractivity contribution in [3.05, 3.63) is 84.4 Å². The SMILES string of the molecule is CC(=O)N(O)CCCCCNC(=O)CCC(=O)N(O)CCCCCNC(=O)CCC(=O)N(O)CCCCCN.COc1ccccc1OCCNCC(O)COc1cccc2[nH]c3ccccc3c12.CS(=O)(=O)O.NCCc1cc(O)c(O)cc1O. The van der Waals surface area contributed by atoms with Gasteiger partial charge in [-0.15, -0.1) is 0 Å². The van der Waals surface area contributed by atoms with E-state index >= 15 is 0 Å². The molecule has 0 saturated carbocycles. The number of hydroxylamine groups is 6. The number of carbonyl (C=O) groups excluding carboxylic acids is 5. The van der Waals surface area contributed by atoms with Crippen molar-refractivity contribution in [2.75, 3.05) is 85.5 Å². The highest BCUT2D eigenvalue weighted by Crippen LogP contribution is 2.34. The molecule has 0 radical (unpaired) electrons. The van der Waals surface area contributed by atoms with Gasteiger partial charge in [0, 0.05) is 101 Å². The maximum absolute atomic E-state index is 12.0. The number of fused-ring (bicyclic) bond motifs is 3. The number of amides is 5. The van der Waals surface area contributed by atoms with Crippen LogP contribution in [0, 0.1) is 0 Å². The van der Waals surface area contributed by atoms with Gasteiger partial charge in [-0.05, 0) is 113 Å². The number of carbonyl (C=O) groups is 5. The number of aliphatic hydroxyl groups excluding tert-OH is 1. The van der Waals surface area contributed by atoms with Gasteiger partial charge < -0.3 is 67.0 Å². The molecule has 4 aromatic carbocycles. The molecular weight excluding hydrogens is 1140 g/mol. The molecular formula is C58H89N9O18S. The zero-order chi connectivity index (χ0) is 63.9. The van der Waals surface area contributed by atoms with Gasteiger partial charge in [0.05, 0.1) is 18.9 Å². The van der Waals surface area contributed by atoms with Crippen molar-refractivity contribution in [2.24, 2.45) is 11.5 Å². The second-order valence-corrected chi connectivity index (χ2v) is 21.1. The Morgan fingerprint density at radius 1 is 0.616 bits per heavy atom. The molecule has 1 heterocycles. The Labute approximate surface area is 501 Å². The maximum Gasteiger partial charge on any atom is 0.261 e. The average molecular weight is 1230 g/mol. The Bertz CT molecular complexity index is 2910. The van der Waals surface area contributed by atoms with Crippen LogP contribution in [0.3, 0.4) is 0 Å². The number of phenols is 3. The summed E-state index contributed by atoms with van der Waals surface area (Å²) in [6.07, 6.45) is 6.40. The van der Waals surface area contributed by atoms with Crippen molar-refractivity contribution in [3.8, 4) is 34.5 Å². The van der Waals surface area contributed by atoms with Crippen LogP contribution in [-0.2, 0) is 40.5 Å². The molecule has 0 bridgehead atoms. The number of aliphatic hydroxyl groups is 1. The van der Waals surface area contributed by atoms with E-state index in [0.29, 0.717) is 129 Å². The largest absolute Gasteiger partial charge is 0.508 e. The Balaban J connectivity index is 0.000000467. The first-order valence-electron chi connectivity index (χ1n) is 28.3. The number of unbranched alkanes of at least 4 members (excludes halogenated alkanes) is 6. The quantitative estimate of drug-likeness (QED) is 0.00664. The summed E-state index contributed by atoms with van der Waals surface area (Å²) in [7, 11) is -2.05. The monoisotopic (exact) mass is 1230 g/mol. The molecule has 0 aliphatic carbocycles. The van der Waals surface area contributed by atoms with Gasteiger partial charge in [-0.2, -0.15) is 8.42 Å². The number of phenolic OH excluding ortho intramolecular Hbond substituents is 3. The third kappa shape index (κ3) is 32.1. The van der Waals surface area contributed by atoms with Crippen LogP contribution in [0.25, 0.3) is 21.8 Å². The Hall–Kier alpha value is -7.54. The Kier molecular flexibility index (Phi) is 36.7. The van der Waals surface area contributed by atoms with Gasteiger partial charge in [0.1, 0.15) is 30.8 Å². The van der Waals surface area contributed by atoms with Gasteiger partial charge >= 0.3 is 0 Å². The van der Waals surface area contributed by atoms with E-state index < -0.39 is 33.9 Å². The molecule has 0 spiro atoms. The summed E-state index contributed by atoms with van der Waals surface area (Å²) in [5, 5.41) is 78.9. The predicted molar refractivity (Wildman–Crippen MR) is 322 cm³/mol. The van der Waals surface area contributed by atoms with Gasteiger partial charge in [-0.3, -0.25) is 44.1 Å². The summed E-state index contributed by atoms with van der Waals surface area (Å²) in [5.41, 5.74) is 13.3. The number of hydrogen-bond acceptors (Lipinski definition) is 20. The third-order valence-electron chi connectivity index (χ3n) is 12.4. The van der Waals surface area contributed by atoms with Crippen LogP contribution in [0.2, 0.25) is 0 Å². The van der Waals surface area contributed by atoms with E-state index in [1.165, 1.54) is 13.0 Å². The smallest absolute Gasteiger partial charge is 0.261 e. The van der Waals surface area contributed by atoms with Crippen molar-refractivity contribution in [1.82, 2.24) is 36.1 Å². The van der Waals surface area contributed by atoms with Crippen LogP contribution in [0.5, 0.6) is 34.5 Å². The van der Waals surface area contributed by atoms with E-state index in [-0.39, 0.29) is 81.0 Å². The van der Waals surface area contributed by atoms with Gasteiger partial charge in [-0.25, -0.2) is 15.2 Å². The molecule has 1 aromatic heterocycles. The summed E-state index contributed by atoms with van der Waals surface area (Å²) in [6.45, 7) is 5.31. The normalized spacial score (nSPS) is 11.1. The van der Waals surface area contributed by atoms with Crippen LogP contribution < -0.4 is 41.6 Å². The van der Waals surface area contributed by atoms with Crippen molar-refractivity contribution in [3.63, 3.8) is 0 Å². The third-order valence-corrected chi connectivity index (χ3v) is 12.4. The maximum atomic E-state index is 12.0. The topological polar surface area (TPSA) is 423 Å². The van der Waals surface area contributed by atoms with Crippen LogP contribution >= 0.6 is 0 Å². The summed E-state index contributed by atoms with van der Waals surface area (Å²) < 4.78 is 42.8. The summed E-state index contributed by atoms with van der Waals surface area (Å²) in [4.78, 5) is 61.8. The van der Waals surface area contributed by atoms with Crippen LogP contribution in [0.1, 0.15) is 96.0 Å². The minimum atomic E-state index is -3.67. The molecule has 0 aliphatic heterocycles. The van der Waals surface area contributed by atoms with E-state index in [2.05, 4.69) is 27.0 Å². The van der Waals surface area contributed by atoms with Gasteiger partial charge in [0.15, 0.2) is 23.0 Å². The second kappa shape index (κ2) is 42.3. The summed E-state index contributed by atoms with van der Waals surface area (Å²) >= 11 is 0. The number of nitrogens with zero attached hydrogens (tertiary/aromatic N) is 3. The number of hydrogen-bond donors (Lipinski definition) is 14. The fraction of sp³-hybridized carbons (Fsp3) is 0.500. The number of nitrogens with one attached hydrogen (secondary N) is 4. The van der Waals surface area contributed by atoms with Crippen LogP contribution in [0.4, 0.5) is 0 Å². The number of ether oxygens (including phenoxy) is 3. The van der Waals surface area contributed by atoms with E-state index in [0.717, 1.165) is 52.9 Å². The molecule has 0 aliphatic rings. The van der Waals surface area contributed by atoms with Crippen LogP contribution in [-0.4, -0.2) is 190 Å². The molecule has 5 rings (SSSR count). The molecule has 27 nitrogen and oxygen atoms in total. The van der Waals surface area contributed by atoms with Crippen molar-refractivity contribution in [2.45, 2.75) is 103 Å². The molecule has 480 valence electrons. The fourth-order valence-corrected chi connectivity index (χ4v) is 7.89. The van der Waals surface area contributed by atoms with Crippen molar-refractivity contribution < 1.29 is 87.2 Å². The molecule has 5 amide bonds. The second-order valence-electron chi connectivity index (χ2n) is 19.6. The number of para-hydroxylation sites is 3. The van der Waals surface area contributed by atoms with Gasteiger partial charge in [0.2, 0.25) is 29.5 Å². The highest BCUT2D eigenvalue weighted by Gasteiger charge is 2.16. The van der Waals surface area contributed by atoms with Crippen molar-refractivity contribution >= 4 is 61.5 Å².